The van der Waals surface area contributed by atoms with Gasteiger partial charge in [-0.2, -0.15) is 0 Å². The minimum Gasteiger partial charge on any atom is -0.374 e. The zero-order chi connectivity index (χ0) is 13.3. The highest BCUT2D eigenvalue weighted by Gasteiger charge is 2.15. The fraction of sp³-hybridized carbons (Fsp3) is 0.231. The second-order valence-corrected chi connectivity index (χ2v) is 5.43. The van der Waals surface area contributed by atoms with Crippen LogP contribution in [0.15, 0.2) is 23.6 Å². The van der Waals surface area contributed by atoms with Gasteiger partial charge in [0.25, 0.3) is 0 Å². The summed E-state index contributed by atoms with van der Waals surface area (Å²) in [4.78, 5) is 1.11. The number of rotatable bonds is 3. The van der Waals surface area contributed by atoms with Crippen molar-refractivity contribution >= 4 is 28.6 Å². The van der Waals surface area contributed by atoms with E-state index < -0.39 is 11.6 Å². The Balaban J connectivity index is 2.27. The quantitative estimate of drug-likeness (QED) is 0.822. The molecule has 0 aliphatic heterocycles. The average Bonchev–Trinajstić information content (AvgIpc) is 2.69. The Bertz CT molecular complexity index is 545. The van der Waals surface area contributed by atoms with E-state index in [1.54, 1.807) is 11.3 Å². The molecule has 1 aromatic carbocycles. The van der Waals surface area contributed by atoms with Gasteiger partial charge in [-0.3, -0.25) is 0 Å². The number of aryl methyl sites for hydroxylation is 1. The van der Waals surface area contributed by atoms with E-state index in [-0.39, 0.29) is 16.8 Å². The largest absolute Gasteiger partial charge is 0.374 e. The van der Waals surface area contributed by atoms with Crippen molar-refractivity contribution in [3.05, 3.63) is 50.7 Å². The number of hydrogen-bond acceptors (Lipinski definition) is 2. The zero-order valence-electron chi connectivity index (χ0n) is 9.93. The van der Waals surface area contributed by atoms with Crippen molar-refractivity contribution in [2.24, 2.45) is 0 Å². The van der Waals surface area contributed by atoms with Gasteiger partial charge in [-0.15, -0.1) is 11.3 Å². The van der Waals surface area contributed by atoms with Crippen LogP contribution in [0.5, 0.6) is 0 Å². The predicted octanol–water partition coefficient (Wildman–Crippen LogP) is 5.16. The first-order chi connectivity index (χ1) is 8.49. The zero-order valence-corrected chi connectivity index (χ0v) is 11.5. The van der Waals surface area contributed by atoms with Crippen LogP contribution in [0.4, 0.5) is 14.5 Å². The molecule has 1 heterocycles. The van der Waals surface area contributed by atoms with Crippen LogP contribution < -0.4 is 5.32 Å². The molecule has 0 saturated heterocycles. The van der Waals surface area contributed by atoms with Gasteiger partial charge in [0.1, 0.15) is 5.82 Å². The Hall–Kier alpha value is -1.13. The average molecular weight is 288 g/mol. The standard InChI is InChI=1S/C13H12ClF2NS/c1-7-3-4-18-13(7)8(2)17-12-10(14)5-9(15)6-11(12)16/h3-6,8,17H,1-2H3. The number of nitrogens with one attached hydrogen (secondary N) is 1. The second-order valence-electron chi connectivity index (χ2n) is 4.08. The van der Waals surface area contributed by atoms with E-state index in [2.05, 4.69) is 5.32 Å². The molecule has 5 heteroatoms. The van der Waals surface area contributed by atoms with Gasteiger partial charge >= 0.3 is 0 Å². The van der Waals surface area contributed by atoms with Crippen LogP contribution in [-0.4, -0.2) is 0 Å². The smallest absolute Gasteiger partial charge is 0.150 e. The molecule has 0 aliphatic carbocycles. The Labute approximate surface area is 113 Å². The Morgan fingerprint density at radius 3 is 2.61 bits per heavy atom. The molecule has 18 heavy (non-hydrogen) atoms. The normalized spacial score (nSPS) is 12.5. The summed E-state index contributed by atoms with van der Waals surface area (Å²) >= 11 is 7.43. The molecule has 0 fully saturated rings. The minimum atomic E-state index is -0.680. The highest BCUT2D eigenvalue weighted by atomic mass is 35.5. The molecule has 0 spiro atoms. The predicted molar refractivity (Wildman–Crippen MR) is 72.5 cm³/mol. The van der Waals surface area contributed by atoms with E-state index in [4.69, 9.17) is 11.6 Å². The molecule has 0 aliphatic rings. The van der Waals surface area contributed by atoms with Crippen molar-refractivity contribution in [3.63, 3.8) is 0 Å². The molecule has 1 nitrogen and oxygen atoms in total. The number of halogens is 3. The van der Waals surface area contributed by atoms with Gasteiger partial charge in [0, 0.05) is 10.9 Å². The lowest BCUT2D eigenvalue weighted by Crippen LogP contribution is -2.08. The fourth-order valence-electron chi connectivity index (χ4n) is 1.79. The molecule has 1 unspecified atom stereocenters. The SMILES string of the molecule is Cc1ccsc1C(C)Nc1c(F)cc(F)cc1Cl. The maximum atomic E-state index is 13.6. The van der Waals surface area contributed by atoms with Crippen LogP contribution >= 0.6 is 22.9 Å². The van der Waals surface area contributed by atoms with Crippen LogP contribution in [0.2, 0.25) is 5.02 Å². The topological polar surface area (TPSA) is 12.0 Å². The summed E-state index contributed by atoms with van der Waals surface area (Å²) < 4.78 is 26.6. The summed E-state index contributed by atoms with van der Waals surface area (Å²) in [5, 5.41) is 5.01. The lowest BCUT2D eigenvalue weighted by atomic mass is 10.2. The van der Waals surface area contributed by atoms with Gasteiger partial charge in [0.2, 0.25) is 0 Å². The van der Waals surface area contributed by atoms with E-state index in [0.29, 0.717) is 0 Å². The van der Waals surface area contributed by atoms with Crippen LogP contribution in [0.25, 0.3) is 0 Å². The number of thiophene rings is 1. The molecule has 0 saturated carbocycles. The third-order valence-corrected chi connectivity index (χ3v) is 4.16. The summed E-state index contributed by atoms with van der Waals surface area (Å²) in [5.74, 6) is -1.36. The maximum Gasteiger partial charge on any atom is 0.150 e. The number of benzene rings is 1. The summed E-state index contributed by atoms with van der Waals surface area (Å²) in [6, 6.07) is 3.84. The first kappa shape index (κ1) is 13.3. The van der Waals surface area contributed by atoms with E-state index >= 15 is 0 Å². The van der Waals surface area contributed by atoms with Gasteiger partial charge in [-0.1, -0.05) is 11.6 Å². The van der Waals surface area contributed by atoms with E-state index in [0.717, 1.165) is 22.6 Å². The van der Waals surface area contributed by atoms with Gasteiger partial charge in [0.15, 0.2) is 5.82 Å². The minimum absolute atomic E-state index is 0.0496. The molecular formula is C13H12ClF2NS. The Morgan fingerprint density at radius 2 is 2.06 bits per heavy atom. The summed E-state index contributed by atoms with van der Waals surface area (Å²) in [5.41, 5.74) is 1.28. The fourth-order valence-corrected chi connectivity index (χ4v) is 2.97. The van der Waals surface area contributed by atoms with Gasteiger partial charge in [-0.05, 0) is 36.9 Å². The molecule has 0 radical (unpaired) electrons. The van der Waals surface area contributed by atoms with Gasteiger partial charge in [0.05, 0.1) is 16.8 Å². The van der Waals surface area contributed by atoms with Crippen LogP contribution in [0.1, 0.15) is 23.4 Å². The molecule has 1 aromatic heterocycles. The van der Waals surface area contributed by atoms with E-state index in [9.17, 15) is 8.78 Å². The molecule has 0 bridgehead atoms. The Morgan fingerprint density at radius 1 is 1.33 bits per heavy atom. The van der Waals surface area contributed by atoms with E-state index in [1.165, 1.54) is 0 Å². The summed E-state index contributed by atoms with van der Waals surface area (Å²) in [6.07, 6.45) is 0. The van der Waals surface area contributed by atoms with Crippen molar-refractivity contribution < 1.29 is 8.78 Å². The second kappa shape index (κ2) is 5.24. The first-order valence-electron chi connectivity index (χ1n) is 5.44. The lowest BCUT2D eigenvalue weighted by molar-refractivity contribution is 0.584. The van der Waals surface area contributed by atoms with Crippen molar-refractivity contribution in [2.45, 2.75) is 19.9 Å². The lowest BCUT2D eigenvalue weighted by Gasteiger charge is -2.16. The monoisotopic (exact) mass is 287 g/mol. The molecule has 1 N–H and O–H groups in total. The third kappa shape index (κ3) is 2.65. The first-order valence-corrected chi connectivity index (χ1v) is 6.70. The molecule has 2 rings (SSSR count). The van der Waals surface area contributed by atoms with E-state index in [1.807, 2.05) is 25.3 Å². The molecule has 2 aromatic rings. The van der Waals surface area contributed by atoms with Crippen molar-refractivity contribution in [3.8, 4) is 0 Å². The van der Waals surface area contributed by atoms with Crippen LogP contribution in [-0.2, 0) is 0 Å². The van der Waals surface area contributed by atoms with Crippen LogP contribution in [0, 0.1) is 18.6 Å². The molecule has 96 valence electrons. The number of hydrogen-bond donors (Lipinski definition) is 1. The van der Waals surface area contributed by atoms with Crippen molar-refractivity contribution in [1.29, 1.82) is 0 Å². The molecule has 1 atom stereocenters. The highest BCUT2D eigenvalue weighted by molar-refractivity contribution is 7.10. The van der Waals surface area contributed by atoms with Crippen molar-refractivity contribution in [1.82, 2.24) is 0 Å². The maximum absolute atomic E-state index is 13.6. The summed E-state index contributed by atoms with van der Waals surface area (Å²) in [7, 11) is 0. The molecular weight excluding hydrogens is 276 g/mol. The third-order valence-electron chi connectivity index (χ3n) is 2.66. The highest BCUT2D eigenvalue weighted by Crippen LogP contribution is 2.32. The van der Waals surface area contributed by atoms with Crippen LogP contribution in [0.3, 0.4) is 0 Å². The van der Waals surface area contributed by atoms with Gasteiger partial charge in [-0.25, -0.2) is 8.78 Å². The number of anilines is 1. The Kier molecular flexibility index (Phi) is 3.88. The molecule has 0 amide bonds. The van der Waals surface area contributed by atoms with Crippen molar-refractivity contribution in [2.75, 3.05) is 5.32 Å². The summed E-state index contributed by atoms with van der Waals surface area (Å²) in [6.45, 7) is 3.91. The van der Waals surface area contributed by atoms with Gasteiger partial charge < -0.3 is 5.32 Å².